The standard InChI is InChI=1S/C10H21N3O/c1-12(2)9-5-13(6-9)7-10(11)3-4-14-8-10/h9H,3-8,11H2,1-2H3. The van der Waals surface area contributed by atoms with Crippen molar-refractivity contribution in [3.05, 3.63) is 0 Å². The Balaban J connectivity index is 1.73. The smallest absolute Gasteiger partial charge is 0.0659 e. The summed E-state index contributed by atoms with van der Waals surface area (Å²) in [5.41, 5.74) is 6.14. The van der Waals surface area contributed by atoms with Crippen LogP contribution in [0.25, 0.3) is 0 Å². The SMILES string of the molecule is CN(C)C1CN(CC2(N)CCOC2)C1. The molecule has 2 fully saturated rings. The minimum Gasteiger partial charge on any atom is -0.379 e. The van der Waals surface area contributed by atoms with Crippen LogP contribution in [0.4, 0.5) is 0 Å². The van der Waals surface area contributed by atoms with Gasteiger partial charge in [-0.2, -0.15) is 0 Å². The van der Waals surface area contributed by atoms with Crippen LogP contribution in [0.1, 0.15) is 6.42 Å². The molecule has 2 N–H and O–H groups in total. The predicted molar refractivity (Wildman–Crippen MR) is 56.3 cm³/mol. The Bertz CT molecular complexity index is 196. The lowest BCUT2D eigenvalue weighted by molar-refractivity contribution is 0.0415. The Kier molecular flexibility index (Phi) is 2.79. The van der Waals surface area contributed by atoms with E-state index >= 15 is 0 Å². The average molecular weight is 199 g/mol. The Morgan fingerprint density at radius 2 is 2.21 bits per heavy atom. The second-order valence-corrected chi connectivity index (χ2v) is 4.98. The summed E-state index contributed by atoms with van der Waals surface area (Å²) in [6, 6.07) is 0.723. The molecule has 14 heavy (non-hydrogen) atoms. The van der Waals surface area contributed by atoms with Gasteiger partial charge < -0.3 is 15.4 Å². The summed E-state index contributed by atoms with van der Waals surface area (Å²) < 4.78 is 5.34. The molecule has 1 atom stereocenters. The summed E-state index contributed by atoms with van der Waals surface area (Å²) in [5, 5.41) is 0. The van der Waals surface area contributed by atoms with Crippen LogP contribution in [0.5, 0.6) is 0 Å². The number of ether oxygens (including phenoxy) is 1. The molecule has 2 rings (SSSR count). The molecule has 0 spiro atoms. The molecule has 82 valence electrons. The summed E-state index contributed by atoms with van der Waals surface area (Å²) >= 11 is 0. The Morgan fingerprint density at radius 3 is 2.71 bits per heavy atom. The van der Waals surface area contributed by atoms with Gasteiger partial charge in [0.15, 0.2) is 0 Å². The summed E-state index contributed by atoms with van der Waals surface area (Å²) in [6.45, 7) is 4.88. The van der Waals surface area contributed by atoms with E-state index in [9.17, 15) is 0 Å². The highest BCUT2D eigenvalue weighted by molar-refractivity contribution is 4.96. The molecule has 2 saturated heterocycles. The van der Waals surface area contributed by atoms with E-state index in [0.717, 1.165) is 45.3 Å². The summed E-state index contributed by atoms with van der Waals surface area (Å²) in [4.78, 5) is 4.71. The molecule has 4 nitrogen and oxygen atoms in total. The minimum atomic E-state index is -0.0721. The van der Waals surface area contributed by atoms with Gasteiger partial charge in [-0.3, -0.25) is 4.90 Å². The summed E-state index contributed by atoms with van der Waals surface area (Å²) in [6.07, 6.45) is 1.01. The molecule has 0 bridgehead atoms. The molecule has 0 aliphatic carbocycles. The van der Waals surface area contributed by atoms with Gasteiger partial charge in [0.2, 0.25) is 0 Å². The van der Waals surface area contributed by atoms with Gasteiger partial charge in [0.1, 0.15) is 0 Å². The third-order valence-corrected chi connectivity index (χ3v) is 3.34. The molecule has 0 aromatic rings. The Hall–Kier alpha value is -0.160. The fraction of sp³-hybridized carbons (Fsp3) is 1.00. The monoisotopic (exact) mass is 199 g/mol. The van der Waals surface area contributed by atoms with Crippen molar-refractivity contribution in [1.82, 2.24) is 9.80 Å². The summed E-state index contributed by atoms with van der Waals surface area (Å²) in [7, 11) is 4.28. The van der Waals surface area contributed by atoms with Crippen LogP contribution in [0, 0.1) is 0 Å². The van der Waals surface area contributed by atoms with E-state index in [1.807, 2.05) is 0 Å². The third kappa shape index (κ3) is 2.08. The molecule has 4 heteroatoms. The zero-order valence-electron chi connectivity index (χ0n) is 9.20. The number of likely N-dealkylation sites (tertiary alicyclic amines) is 1. The molecule has 1 unspecified atom stereocenters. The van der Waals surface area contributed by atoms with E-state index in [1.54, 1.807) is 0 Å². The molecule has 0 aromatic carbocycles. The van der Waals surface area contributed by atoms with E-state index in [1.165, 1.54) is 0 Å². The van der Waals surface area contributed by atoms with Crippen molar-refractivity contribution in [3.63, 3.8) is 0 Å². The van der Waals surface area contributed by atoms with Crippen molar-refractivity contribution >= 4 is 0 Å². The van der Waals surface area contributed by atoms with Gasteiger partial charge in [0.25, 0.3) is 0 Å². The van der Waals surface area contributed by atoms with Gasteiger partial charge in [-0.25, -0.2) is 0 Å². The first kappa shape index (κ1) is 10.4. The summed E-state index contributed by atoms with van der Waals surface area (Å²) in [5.74, 6) is 0. The van der Waals surface area contributed by atoms with Crippen molar-refractivity contribution < 1.29 is 4.74 Å². The minimum absolute atomic E-state index is 0.0721. The number of hydrogen-bond donors (Lipinski definition) is 1. The van der Waals surface area contributed by atoms with Gasteiger partial charge in [-0.15, -0.1) is 0 Å². The van der Waals surface area contributed by atoms with Crippen LogP contribution in [-0.4, -0.2) is 68.3 Å². The number of nitrogens with zero attached hydrogens (tertiary/aromatic N) is 2. The molecule has 0 aromatic heterocycles. The zero-order valence-corrected chi connectivity index (χ0v) is 9.20. The second kappa shape index (κ2) is 3.77. The Morgan fingerprint density at radius 1 is 1.50 bits per heavy atom. The predicted octanol–water partition coefficient (Wildman–Crippen LogP) is -0.650. The van der Waals surface area contributed by atoms with Gasteiger partial charge in [-0.1, -0.05) is 0 Å². The topological polar surface area (TPSA) is 41.7 Å². The highest BCUT2D eigenvalue weighted by atomic mass is 16.5. The fourth-order valence-electron chi connectivity index (χ4n) is 2.19. The van der Waals surface area contributed by atoms with Gasteiger partial charge >= 0.3 is 0 Å². The van der Waals surface area contributed by atoms with E-state index in [4.69, 9.17) is 10.5 Å². The van der Waals surface area contributed by atoms with E-state index in [2.05, 4.69) is 23.9 Å². The number of likely N-dealkylation sites (N-methyl/N-ethyl adjacent to an activating group) is 1. The lowest BCUT2D eigenvalue weighted by atomic mass is 9.96. The lowest BCUT2D eigenvalue weighted by Gasteiger charge is -2.45. The molecule has 2 aliphatic heterocycles. The number of rotatable bonds is 3. The van der Waals surface area contributed by atoms with Gasteiger partial charge in [0, 0.05) is 32.3 Å². The van der Waals surface area contributed by atoms with Crippen LogP contribution in [0.15, 0.2) is 0 Å². The number of hydrogen-bond acceptors (Lipinski definition) is 4. The first-order chi connectivity index (χ1) is 6.59. The molecule has 0 amide bonds. The molecule has 0 radical (unpaired) electrons. The van der Waals surface area contributed by atoms with Crippen LogP contribution in [0.2, 0.25) is 0 Å². The first-order valence-electron chi connectivity index (χ1n) is 5.34. The van der Waals surface area contributed by atoms with Crippen LogP contribution >= 0.6 is 0 Å². The van der Waals surface area contributed by atoms with Crippen molar-refractivity contribution in [2.75, 3.05) is 46.9 Å². The normalized spacial score (nSPS) is 35.1. The highest BCUT2D eigenvalue weighted by Crippen LogP contribution is 2.21. The van der Waals surface area contributed by atoms with Crippen molar-refractivity contribution in [2.24, 2.45) is 5.73 Å². The fourth-order valence-corrected chi connectivity index (χ4v) is 2.19. The largest absolute Gasteiger partial charge is 0.379 e. The second-order valence-electron chi connectivity index (χ2n) is 4.98. The molecule has 0 saturated carbocycles. The maximum Gasteiger partial charge on any atom is 0.0659 e. The first-order valence-corrected chi connectivity index (χ1v) is 5.34. The van der Waals surface area contributed by atoms with Crippen molar-refractivity contribution in [2.45, 2.75) is 18.0 Å². The van der Waals surface area contributed by atoms with Crippen molar-refractivity contribution in [1.29, 1.82) is 0 Å². The molecular weight excluding hydrogens is 178 g/mol. The average Bonchev–Trinajstić information content (AvgIpc) is 2.44. The lowest BCUT2D eigenvalue weighted by Crippen LogP contribution is -2.63. The van der Waals surface area contributed by atoms with E-state index < -0.39 is 0 Å². The van der Waals surface area contributed by atoms with Gasteiger partial charge in [0.05, 0.1) is 12.1 Å². The Labute approximate surface area is 86.0 Å². The molecule has 2 aliphatic rings. The molecule has 2 heterocycles. The quantitative estimate of drug-likeness (QED) is 0.656. The third-order valence-electron chi connectivity index (χ3n) is 3.34. The van der Waals surface area contributed by atoms with E-state index in [0.29, 0.717) is 0 Å². The highest BCUT2D eigenvalue weighted by Gasteiger charge is 2.37. The van der Waals surface area contributed by atoms with Crippen molar-refractivity contribution in [3.8, 4) is 0 Å². The number of nitrogens with two attached hydrogens (primary N) is 1. The van der Waals surface area contributed by atoms with E-state index in [-0.39, 0.29) is 5.54 Å². The van der Waals surface area contributed by atoms with Gasteiger partial charge in [-0.05, 0) is 20.5 Å². The van der Waals surface area contributed by atoms with Crippen LogP contribution < -0.4 is 5.73 Å². The van der Waals surface area contributed by atoms with Crippen LogP contribution in [0.3, 0.4) is 0 Å². The molecular formula is C10H21N3O. The maximum absolute atomic E-state index is 6.21. The van der Waals surface area contributed by atoms with Crippen LogP contribution in [-0.2, 0) is 4.74 Å². The maximum atomic E-state index is 6.21. The zero-order chi connectivity index (χ0) is 10.2.